The van der Waals surface area contributed by atoms with Gasteiger partial charge in [-0.25, -0.2) is 13.2 Å². The number of primary amides is 1. The lowest BCUT2D eigenvalue weighted by molar-refractivity contribution is -0.166. The van der Waals surface area contributed by atoms with E-state index in [1.54, 1.807) is 0 Å². The topological polar surface area (TPSA) is 127 Å². The molecule has 23 heavy (non-hydrogen) atoms. The zero-order valence-electron chi connectivity index (χ0n) is 12.6. The molecule has 2 rings (SSSR count). The van der Waals surface area contributed by atoms with Gasteiger partial charge in [-0.3, -0.25) is 4.79 Å². The Balaban J connectivity index is 2.19. The molecule has 126 valence electrons. The fourth-order valence-electron chi connectivity index (χ4n) is 2.53. The van der Waals surface area contributed by atoms with Crippen LogP contribution in [0, 0.1) is 0 Å². The number of aliphatic carboxylic acids is 1. The van der Waals surface area contributed by atoms with E-state index in [9.17, 15) is 23.1 Å². The third kappa shape index (κ3) is 3.21. The molecule has 0 bridgehead atoms. The number of benzene rings is 1. The molecule has 1 aromatic rings. The van der Waals surface area contributed by atoms with E-state index in [0.29, 0.717) is 0 Å². The SMILES string of the molecule is COC1(C(=O)O)CCN(S(=O)(=O)c2ccc(C(N)=O)cc2)CC1. The number of hydrogen-bond donors (Lipinski definition) is 2. The van der Waals surface area contributed by atoms with Gasteiger partial charge in [0.15, 0.2) is 5.60 Å². The summed E-state index contributed by atoms with van der Waals surface area (Å²) in [4.78, 5) is 22.4. The average Bonchev–Trinajstić information content (AvgIpc) is 2.54. The van der Waals surface area contributed by atoms with Gasteiger partial charge in [0.05, 0.1) is 4.90 Å². The summed E-state index contributed by atoms with van der Waals surface area (Å²) in [7, 11) is -2.45. The number of methoxy groups -OCH3 is 1. The highest BCUT2D eigenvalue weighted by molar-refractivity contribution is 7.89. The van der Waals surface area contributed by atoms with Crippen molar-refractivity contribution in [2.75, 3.05) is 20.2 Å². The number of nitrogens with two attached hydrogens (primary N) is 1. The second-order valence-corrected chi connectivity index (χ2v) is 7.23. The third-order valence-electron chi connectivity index (χ3n) is 4.09. The first-order valence-corrected chi connectivity index (χ1v) is 8.35. The Kier molecular flexibility index (Phi) is 4.73. The minimum Gasteiger partial charge on any atom is -0.479 e. The van der Waals surface area contributed by atoms with Gasteiger partial charge in [-0.15, -0.1) is 0 Å². The van der Waals surface area contributed by atoms with E-state index in [-0.39, 0.29) is 36.4 Å². The molecule has 9 heteroatoms. The van der Waals surface area contributed by atoms with Crippen LogP contribution in [-0.4, -0.2) is 55.5 Å². The van der Waals surface area contributed by atoms with E-state index in [1.807, 2.05) is 0 Å². The Morgan fingerprint density at radius 3 is 2.13 bits per heavy atom. The van der Waals surface area contributed by atoms with Crippen molar-refractivity contribution in [3.63, 3.8) is 0 Å². The summed E-state index contributed by atoms with van der Waals surface area (Å²) < 4.78 is 31.4. The molecule has 3 N–H and O–H groups in total. The third-order valence-corrected chi connectivity index (χ3v) is 6.00. The standard InChI is InChI=1S/C14H18N2O6S/c1-22-14(13(18)19)6-8-16(9-7-14)23(20,21)11-4-2-10(3-5-11)12(15)17/h2-5H,6-9H2,1H3,(H2,15,17)(H,18,19). The zero-order valence-corrected chi connectivity index (χ0v) is 13.4. The number of ether oxygens (including phenoxy) is 1. The molecule has 0 aliphatic carbocycles. The number of carbonyl (C=O) groups is 2. The molecule has 1 fully saturated rings. The van der Waals surface area contributed by atoms with Gasteiger partial charge in [-0.2, -0.15) is 4.31 Å². The normalized spacial score (nSPS) is 18.5. The van der Waals surface area contributed by atoms with Gasteiger partial charge >= 0.3 is 5.97 Å². The fourth-order valence-corrected chi connectivity index (χ4v) is 3.97. The van der Waals surface area contributed by atoms with Crippen LogP contribution in [0.3, 0.4) is 0 Å². The lowest BCUT2D eigenvalue weighted by atomic mass is 9.92. The Bertz CT molecular complexity index is 705. The molecule has 1 aliphatic rings. The van der Waals surface area contributed by atoms with Crippen LogP contribution in [0.5, 0.6) is 0 Å². The summed E-state index contributed by atoms with van der Waals surface area (Å²) in [6.45, 7) is 0.0834. The molecule has 0 atom stereocenters. The van der Waals surface area contributed by atoms with Crippen molar-refractivity contribution in [3.8, 4) is 0 Å². The van der Waals surface area contributed by atoms with Crippen molar-refractivity contribution in [3.05, 3.63) is 29.8 Å². The van der Waals surface area contributed by atoms with Crippen molar-refractivity contribution in [1.82, 2.24) is 4.31 Å². The second kappa shape index (κ2) is 6.26. The molecule has 1 saturated heterocycles. The molecule has 1 aromatic carbocycles. The van der Waals surface area contributed by atoms with Crippen LogP contribution < -0.4 is 5.73 Å². The summed E-state index contributed by atoms with van der Waals surface area (Å²) in [6, 6.07) is 5.31. The summed E-state index contributed by atoms with van der Waals surface area (Å²) in [5.74, 6) is -1.74. The Morgan fingerprint density at radius 1 is 1.22 bits per heavy atom. The molecule has 1 aliphatic heterocycles. The number of sulfonamides is 1. The number of carbonyl (C=O) groups excluding carboxylic acids is 1. The predicted molar refractivity (Wildman–Crippen MR) is 80.3 cm³/mol. The number of carboxylic acids is 1. The minimum absolute atomic E-state index is 0.0303. The number of hydrogen-bond acceptors (Lipinski definition) is 5. The number of amides is 1. The monoisotopic (exact) mass is 342 g/mol. The fraction of sp³-hybridized carbons (Fsp3) is 0.429. The van der Waals surface area contributed by atoms with Crippen LogP contribution in [0.25, 0.3) is 0 Å². The van der Waals surface area contributed by atoms with Crippen LogP contribution in [0.1, 0.15) is 23.2 Å². The number of nitrogens with zero attached hydrogens (tertiary/aromatic N) is 1. The van der Waals surface area contributed by atoms with Gasteiger partial charge in [-0.1, -0.05) is 0 Å². The molecular weight excluding hydrogens is 324 g/mol. The van der Waals surface area contributed by atoms with Gasteiger partial charge in [0.25, 0.3) is 0 Å². The maximum atomic E-state index is 12.6. The minimum atomic E-state index is -3.76. The van der Waals surface area contributed by atoms with E-state index in [4.69, 9.17) is 10.5 Å². The quantitative estimate of drug-likeness (QED) is 0.778. The number of carboxylic acid groups (broad SMARTS) is 1. The van der Waals surface area contributed by atoms with Crippen molar-refractivity contribution in [1.29, 1.82) is 0 Å². The lowest BCUT2D eigenvalue weighted by Crippen LogP contribution is -2.51. The molecule has 0 spiro atoms. The highest BCUT2D eigenvalue weighted by atomic mass is 32.2. The molecule has 8 nitrogen and oxygen atoms in total. The van der Waals surface area contributed by atoms with Crippen LogP contribution >= 0.6 is 0 Å². The Labute approximate surface area is 133 Å². The van der Waals surface area contributed by atoms with Crippen molar-refractivity contribution in [2.45, 2.75) is 23.3 Å². The lowest BCUT2D eigenvalue weighted by Gasteiger charge is -2.37. The maximum Gasteiger partial charge on any atom is 0.336 e. The highest BCUT2D eigenvalue weighted by Crippen LogP contribution is 2.29. The van der Waals surface area contributed by atoms with Gasteiger partial charge in [0, 0.05) is 38.6 Å². The highest BCUT2D eigenvalue weighted by Gasteiger charge is 2.44. The molecule has 1 amide bonds. The van der Waals surface area contributed by atoms with E-state index in [1.165, 1.54) is 35.7 Å². The van der Waals surface area contributed by atoms with E-state index < -0.39 is 27.5 Å². The smallest absolute Gasteiger partial charge is 0.336 e. The van der Waals surface area contributed by atoms with Gasteiger partial charge < -0.3 is 15.6 Å². The molecule has 1 heterocycles. The molecule has 0 radical (unpaired) electrons. The molecule has 0 unspecified atom stereocenters. The Hall–Kier alpha value is -1.97. The van der Waals surface area contributed by atoms with Crippen LogP contribution in [0.2, 0.25) is 0 Å². The van der Waals surface area contributed by atoms with Crippen molar-refractivity contribution in [2.24, 2.45) is 5.73 Å². The van der Waals surface area contributed by atoms with Crippen LogP contribution in [-0.2, 0) is 19.6 Å². The first kappa shape index (κ1) is 17.4. The first-order valence-electron chi connectivity index (χ1n) is 6.91. The first-order chi connectivity index (χ1) is 10.7. The number of rotatable bonds is 5. The van der Waals surface area contributed by atoms with Gasteiger partial charge in [0.1, 0.15) is 0 Å². The summed E-state index contributed by atoms with van der Waals surface area (Å²) >= 11 is 0. The second-order valence-electron chi connectivity index (χ2n) is 5.30. The summed E-state index contributed by atoms with van der Waals surface area (Å²) in [5, 5.41) is 9.24. The van der Waals surface area contributed by atoms with E-state index >= 15 is 0 Å². The van der Waals surface area contributed by atoms with Crippen LogP contribution in [0.15, 0.2) is 29.2 Å². The largest absolute Gasteiger partial charge is 0.479 e. The zero-order chi connectivity index (χ0) is 17.3. The van der Waals surface area contributed by atoms with Gasteiger partial charge in [-0.05, 0) is 24.3 Å². The van der Waals surface area contributed by atoms with Crippen molar-refractivity contribution >= 4 is 21.9 Å². The predicted octanol–water partition coefficient (Wildman–Crippen LogP) is 0.0398. The van der Waals surface area contributed by atoms with Crippen molar-refractivity contribution < 1.29 is 27.9 Å². The van der Waals surface area contributed by atoms with E-state index in [2.05, 4.69) is 0 Å². The molecule has 0 saturated carbocycles. The number of piperidine rings is 1. The summed E-state index contributed by atoms with van der Waals surface area (Å²) in [5.41, 5.74) is 3.99. The molecule has 0 aromatic heterocycles. The Morgan fingerprint density at radius 2 is 1.74 bits per heavy atom. The van der Waals surface area contributed by atoms with Gasteiger partial charge in [0.2, 0.25) is 15.9 Å². The average molecular weight is 342 g/mol. The molecular formula is C14H18N2O6S. The van der Waals surface area contributed by atoms with Crippen LogP contribution in [0.4, 0.5) is 0 Å². The maximum absolute atomic E-state index is 12.6. The summed E-state index contributed by atoms with van der Waals surface area (Å²) in [6.07, 6.45) is 0.134. The van der Waals surface area contributed by atoms with E-state index in [0.717, 1.165) is 0 Å².